The molecule has 166 valence electrons. The van der Waals surface area contributed by atoms with Crippen LogP contribution in [0.5, 0.6) is 5.75 Å². The molecule has 0 radical (unpaired) electrons. The maximum atomic E-state index is 12.5. The third-order valence-electron chi connectivity index (χ3n) is 4.99. The molecule has 1 fully saturated rings. The van der Waals surface area contributed by atoms with Gasteiger partial charge < -0.3 is 25.0 Å². The van der Waals surface area contributed by atoms with Crippen molar-refractivity contribution in [1.29, 1.82) is 0 Å². The van der Waals surface area contributed by atoms with E-state index in [4.69, 9.17) is 9.47 Å². The average molecular weight is 426 g/mol. The molecule has 2 aromatic rings. The normalized spacial score (nSPS) is 13.7. The summed E-state index contributed by atoms with van der Waals surface area (Å²) < 4.78 is 11.0. The van der Waals surface area contributed by atoms with Crippen LogP contribution in [0.25, 0.3) is 0 Å². The monoisotopic (exact) mass is 425 g/mol. The summed E-state index contributed by atoms with van der Waals surface area (Å²) in [6.07, 6.45) is 1.01. The fourth-order valence-corrected chi connectivity index (χ4v) is 3.11. The molecule has 1 aliphatic rings. The summed E-state index contributed by atoms with van der Waals surface area (Å²) in [5.74, 6) is 1.25. The lowest BCUT2D eigenvalue weighted by atomic mass is 10.1. The van der Waals surface area contributed by atoms with E-state index in [0.717, 1.165) is 23.5 Å². The van der Waals surface area contributed by atoms with Crippen LogP contribution in [-0.4, -0.2) is 56.2 Å². The van der Waals surface area contributed by atoms with Crippen LogP contribution < -0.4 is 15.4 Å². The minimum Gasteiger partial charge on any atom is -0.494 e. The van der Waals surface area contributed by atoms with Crippen LogP contribution in [0.4, 0.5) is 11.4 Å². The highest BCUT2D eigenvalue weighted by Crippen LogP contribution is 2.17. The molecule has 0 spiro atoms. The number of anilines is 2. The van der Waals surface area contributed by atoms with Crippen LogP contribution in [0.15, 0.2) is 48.5 Å². The van der Waals surface area contributed by atoms with E-state index in [9.17, 15) is 9.59 Å². The van der Waals surface area contributed by atoms with Gasteiger partial charge in [0.1, 0.15) is 5.75 Å². The summed E-state index contributed by atoms with van der Waals surface area (Å²) in [6.45, 7) is 7.52. The zero-order chi connectivity index (χ0) is 22.1. The zero-order valence-corrected chi connectivity index (χ0v) is 18.2. The Labute approximate surface area is 183 Å². The van der Waals surface area contributed by atoms with Gasteiger partial charge in [0.25, 0.3) is 5.91 Å². The second kappa shape index (κ2) is 11.4. The van der Waals surface area contributed by atoms with Crippen molar-refractivity contribution in [3.63, 3.8) is 0 Å². The van der Waals surface area contributed by atoms with Crippen LogP contribution in [0.3, 0.4) is 0 Å². The van der Waals surface area contributed by atoms with Gasteiger partial charge in [-0.2, -0.15) is 0 Å². The number of carbonyl (C=O) groups excluding carboxylic acids is 2. The fraction of sp³-hybridized carbons (Fsp3) is 0.417. The van der Waals surface area contributed by atoms with Crippen molar-refractivity contribution in [2.45, 2.75) is 20.3 Å². The molecule has 7 nitrogen and oxygen atoms in total. The Balaban J connectivity index is 1.42. The predicted octanol–water partition coefficient (Wildman–Crippen LogP) is 3.63. The minimum atomic E-state index is -0.151. The molecular formula is C24H31N3O4. The van der Waals surface area contributed by atoms with E-state index in [1.807, 2.05) is 36.4 Å². The standard InChI is InChI=1S/C24H31N3O4/c1-18(2)11-14-31-22-9-7-21(8-10-22)26-23(28)17-25-20-5-3-19(4-6-20)24(29)27-12-15-30-16-13-27/h3-10,18,25H,11-17H2,1-2H3,(H,26,28). The summed E-state index contributed by atoms with van der Waals surface area (Å²) in [7, 11) is 0. The second-order valence-electron chi connectivity index (χ2n) is 7.94. The van der Waals surface area contributed by atoms with Crippen molar-refractivity contribution >= 4 is 23.2 Å². The highest BCUT2D eigenvalue weighted by atomic mass is 16.5. The van der Waals surface area contributed by atoms with Gasteiger partial charge in [0.15, 0.2) is 0 Å². The smallest absolute Gasteiger partial charge is 0.254 e. The molecule has 2 N–H and O–H groups in total. The maximum absolute atomic E-state index is 12.5. The van der Waals surface area contributed by atoms with Crippen molar-refractivity contribution in [2.75, 3.05) is 50.1 Å². The Morgan fingerprint density at radius 2 is 1.65 bits per heavy atom. The van der Waals surface area contributed by atoms with Gasteiger partial charge >= 0.3 is 0 Å². The van der Waals surface area contributed by atoms with Gasteiger partial charge in [0.2, 0.25) is 5.91 Å². The van der Waals surface area contributed by atoms with Crippen molar-refractivity contribution < 1.29 is 19.1 Å². The number of hydrogen-bond acceptors (Lipinski definition) is 5. The number of nitrogens with one attached hydrogen (secondary N) is 2. The second-order valence-corrected chi connectivity index (χ2v) is 7.94. The number of benzene rings is 2. The van der Waals surface area contributed by atoms with Crippen molar-refractivity contribution in [3.8, 4) is 5.75 Å². The van der Waals surface area contributed by atoms with E-state index in [0.29, 0.717) is 44.4 Å². The Morgan fingerprint density at radius 3 is 2.29 bits per heavy atom. The van der Waals surface area contributed by atoms with Gasteiger partial charge in [0.05, 0.1) is 26.4 Å². The van der Waals surface area contributed by atoms with Crippen LogP contribution in [-0.2, 0) is 9.53 Å². The van der Waals surface area contributed by atoms with Crippen molar-refractivity contribution in [3.05, 3.63) is 54.1 Å². The molecule has 0 bridgehead atoms. The molecule has 1 aliphatic heterocycles. The van der Waals surface area contributed by atoms with Gasteiger partial charge in [-0.25, -0.2) is 0 Å². The molecule has 3 rings (SSSR count). The number of hydrogen-bond donors (Lipinski definition) is 2. The van der Waals surface area contributed by atoms with Crippen LogP contribution in [0.1, 0.15) is 30.6 Å². The molecule has 2 aromatic carbocycles. The van der Waals surface area contributed by atoms with E-state index in [1.54, 1.807) is 17.0 Å². The lowest BCUT2D eigenvalue weighted by molar-refractivity contribution is -0.114. The molecule has 0 aromatic heterocycles. The number of morpholine rings is 1. The Hall–Kier alpha value is -3.06. The molecule has 0 saturated carbocycles. The first kappa shape index (κ1) is 22.6. The van der Waals surface area contributed by atoms with Gasteiger partial charge in [0, 0.05) is 30.0 Å². The van der Waals surface area contributed by atoms with Gasteiger partial charge in [-0.05, 0) is 60.9 Å². The molecule has 0 atom stereocenters. The third kappa shape index (κ3) is 7.29. The Kier molecular flexibility index (Phi) is 8.29. The molecule has 0 unspecified atom stereocenters. The largest absolute Gasteiger partial charge is 0.494 e. The van der Waals surface area contributed by atoms with E-state index >= 15 is 0 Å². The summed E-state index contributed by atoms with van der Waals surface area (Å²) in [6, 6.07) is 14.5. The van der Waals surface area contributed by atoms with E-state index < -0.39 is 0 Å². The topological polar surface area (TPSA) is 79.9 Å². The molecule has 0 aliphatic carbocycles. The molecule has 1 saturated heterocycles. The van der Waals surface area contributed by atoms with Gasteiger partial charge in [-0.3, -0.25) is 9.59 Å². The Morgan fingerprint density at radius 1 is 1.00 bits per heavy atom. The minimum absolute atomic E-state index is 0.00391. The summed E-state index contributed by atoms with van der Waals surface area (Å²) in [4.78, 5) is 26.5. The lowest BCUT2D eigenvalue weighted by Crippen LogP contribution is -2.40. The Bertz CT molecular complexity index is 844. The number of amides is 2. The third-order valence-corrected chi connectivity index (χ3v) is 4.99. The maximum Gasteiger partial charge on any atom is 0.254 e. The summed E-state index contributed by atoms with van der Waals surface area (Å²) in [5, 5.41) is 5.94. The van der Waals surface area contributed by atoms with E-state index in [-0.39, 0.29) is 18.4 Å². The molecule has 2 amide bonds. The number of nitrogens with zero attached hydrogens (tertiary/aromatic N) is 1. The molecule has 7 heteroatoms. The van der Waals surface area contributed by atoms with E-state index in [1.165, 1.54) is 0 Å². The summed E-state index contributed by atoms with van der Waals surface area (Å²) >= 11 is 0. The zero-order valence-electron chi connectivity index (χ0n) is 18.2. The molecule has 31 heavy (non-hydrogen) atoms. The van der Waals surface area contributed by atoms with Crippen LogP contribution in [0, 0.1) is 5.92 Å². The predicted molar refractivity (Wildman–Crippen MR) is 122 cm³/mol. The van der Waals surface area contributed by atoms with Crippen molar-refractivity contribution in [1.82, 2.24) is 4.90 Å². The lowest BCUT2D eigenvalue weighted by Gasteiger charge is -2.26. The van der Waals surface area contributed by atoms with Crippen LogP contribution in [0.2, 0.25) is 0 Å². The molecular weight excluding hydrogens is 394 g/mol. The SMILES string of the molecule is CC(C)CCOc1ccc(NC(=O)CNc2ccc(C(=O)N3CCOCC3)cc2)cc1. The molecule has 1 heterocycles. The average Bonchev–Trinajstić information content (AvgIpc) is 2.79. The highest BCUT2D eigenvalue weighted by molar-refractivity contribution is 5.95. The first-order chi connectivity index (χ1) is 15.0. The fourth-order valence-electron chi connectivity index (χ4n) is 3.11. The summed E-state index contributed by atoms with van der Waals surface area (Å²) in [5.41, 5.74) is 2.13. The first-order valence-electron chi connectivity index (χ1n) is 10.7. The highest BCUT2D eigenvalue weighted by Gasteiger charge is 2.18. The number of ether oxygens (including phenoxy) is 2. The van der Waals surface area contributed by atoms with Crippen molar-refractivity contribution in [2.24, 2.45) is 5.92 Å². The number of carbonyl (C=O) groups is 2. The van der Waals surface area contributed by atoms with E-state index in [2.05, 4.69) is 24.5 Å². The quantitative estimate of drug-likeness (QED) is 0.641. The van der Waals surface area contributed by atoms with Gasteiger partial charge in [-0.1, -0.05) is 13.8 Å². The first-order valence-corrected chi connectivity index (χ1v) is 10.7. The van der Waals surface area contributed by atoms with Gasteiger partial charge in [-0.15, -0.1) is 0 Å². The van der Waals surface area contributed by atoms with Crippen LogP contribution >= 0.6 is 0 Å². The number of rotatable bonds is 9.